The molecule has 3 aromatic rings. The molecule has 0 spiro atoms. The zero-order chi connectivity index (χ0) is 18.7. The number of aryl methyl sites for hydroxylation is 1. The smallest absolute Gasteiger partial charge is 0.257 e. The molecular formula is C21H19ClN2O2. The maximum Gasteiger partial charge on any atom is 0.257 e. The molecule has 0 aliphatic carbocycles. The van der Waals surface area contributed by atoms with E-state index < -0.39 is 0 Å². The molecule has 0 unspecified atom stereocenters. The van der Waals surface area contributed by atoms with E-state index in [2.05, 4.69) is 5.32 Å². The molecule has 0 aliphatic heterocycles. The average Bonchev–Trinajstić information content (AvgIpc) is 2.62. The molecule has 5 heteroatoms. The molecule has 1 heterocycles. The van der Waals surface area contributed by atoms with Crippen LogP contribution in [0.2, 0.25) is 5.02 Å². The van der Waals surface area contributed by atoms with E-state index in [1.165, 1.54) is 16.7 Å². The number of pyridine rings is 1. The van der Waals surface area contributed by atoms with Crippen LogP contribution in [0, 0.1) is 13.8 Å². The molecule has 132 valence electrons. The lowest BCUT2D eigenvalue weighted by molar-refractivity contribution is 0.102. The lowest BCUT2D eigenvalue weighted by Crippen LogP contribution is -2.22. The zero-order valence-electron chi connectivity index (χ0n) is 14.6. The van der Waals surface area contributed by atoms with E-state index in [0.29, 0.717) is 22.8 Å². The Balaban J connectivity index is 1.84. The second-order valence-corrected chi connectivity index (χ2v) is 6.64. The number of benzene rings is 2. The van der Waals surface area contributed by atoms with Crippen LogP contribution in [-0.4, -0.2) is 10.5 Å². The predicted molar refractivity (Wildman–Crippen MR) is 105 cm³/mol. The highest BCUT2D eigenvalue weighted by Gasteiger charge is 2.11. The number of hydrogen-bond acceptors (Lipinski definition) is 2. The number of rotatable bonds is 4. The van der Waals surface area contributed by atoms with Gasteiger partial charge in [-0.3, -0.25) is 9.59 Å². The lowest BCUT2D eigenvalue weighted by Gasteiger charge is -2.11. The van der Waals surface area contributed by atoms with Crippen molar-refractivity contribution in [1.29, 1.82) is 0 Å². The highest BCUT2D eigenvalue weighted by molar-refractivity contribution is 6.31. The number of nitrogens with zero attached hydrogens (tertiary/aromatic N) is 1. The molecule has 26 heavy (non-hydrogen) atoms. The molecule has 0 aliphatic rings. The quantitative estimate of drug-likeness (QED) is 0.743. The Morgan fingerprint density at radius 1 is 1.04 bits per heavy atom. The summed E-state index contributed by atoms with van der Waals surface area (Å²) in [6.45, 7) is 4.27. The predicted octanol–water partition coefficient (Wildman–Crippen LogP) is 4.42. The highest BCUT2D eigenvalue weighted by atomic mass is 35.5. The standard InChI is InChI=1S/C21H19ClN2O2/c1-14-6-8-16(9-7-14)12-24-13-17(10-11-20(24)25)21(26)23-19-5-3-4-18(22)15(19)2/h3-11,13H,12H2,1-2H3,(H,23,26). The summed E-state index contributed by atoms with van der Waals surface area (Å²) in [5, 5.41) is 3.44. The van der Waals surface area contributed by atoms with Crippen molar-refractivity contribution in [3.05, 3.63) is 98.4 Å². The largest absolute Gasteiger partial charge is 0.322 e. The van der Waals surface area contributed by atoms with Crippen LogP contribution in [0.25, 0.3) is 0 Å². The van der Waals surface area contributed by atoms with Crippen LogP contribution in [0.4, 0.5) is 5.69 Å². The molecule has 1 N–H and O–H groups in total. The van der Waals surface area contributed by atoms with Gasteiger partial charge in [0, 0.05) is 23.0 Å². The van der Waals surface area contributed by atoms with Gasteiger partial charge in [-0.2, -0.15) is 0 Å². The molecule has 0 atom stereocenters. The van der Waals surface area contributed by atoms with Crippen molar-refractivity contribution in [1.82, 2.24) is 4.57 Å². The summed E-state index contributed by atoms with van der Waals surface area (Å²) in [6, 6.07) is 16.2. The molecule has 1 aromatic heterocycles. The van der Waals surface area contributed by atoms with Crippen molar-refractivity contribution in [2.24, 2.45) is 0 Å². The van der Waals surface area contributed by atoms with E-state index in [-0.39, 0.29) is 11.5 Å². The first-order valence-electron chi connectivity index (χ1n) is 8.26. The number of carbonyl (C=O) groups is 1. The minimum Gasteiger partial charge on any atom is -0.322 e. The monoisotopic (exact) mass is 366 g/mol. The van der Waals surface area contributed by atoms with Crippen molar-refractivity contribution in [3.8, 4) is 0 Å². The number of anilines is 1. The maximum absolute atomic E-state index is 12.6. The van der Waals surface area contributed by atoms with Gasteiger partial charge in [0.2, 0.25) is 0 Å². The fourth-order valence-corrected chi connectivity index (χ4v) is 2.79. The Labute approximate surface area is 157 Å². The van der Waals surface area contributed by atoms with Gasteiger partial charge < -0.3 is 9.88 Å². The summed E-state index contributed by atoms with van der Waals surface area (Å²) >= 11 is 6.09. The van der Waals surface area contributed by atoms with E-state index in [0.717, 1.165) is 16.7 Å². The van der Waals surface area contributed by atoms with Crippen molar-refractivity contribution in [2.45, 2.75) is 20.4 Å². The summed E-state index contributed by atoms with van der Waals surface area (Å²) in [7, 11) is 0. The van der Waals surface area contributed by atoms with Crippen LogP contribution in [0.15, 0.2) is 65.6 Å². The lowest BCUT2D eigenvalue weighted by atomic mass is 10.1. The van der Waals surface area contributed by atoms with Crippen LogP contribution < -0.4 is 10.9 Å². The molecule has 4 nitrogen and oxygen atoms in total. The van der Waals surface area contributed by atoms with E-state index in [9.17, 15) is 9.59 Å². The first-order valence-corrected chi connectivity index (χ1v) is 8.64. The van der Waals surface area contributed by atoms with Crippen molar-refractivity contribution in [3.63, 3.8) is 0 Å². The van der Waals surface area contributed by atoms with Gasteiger partial charge in [-0.05, 0) is 43.2 Å². The first-order chi connectivity index (χ1) is 12.4. The zero-order valence-corrected chi connectivity index (χ0v) is 15.4. The Hall–Kier alpha value is -2.85. The van der Waals surface area contributed by atoms with Gasteiger partial charge in [-0.25, -0.2) is 0 Å². The number of nitrogens with one attached hydrogen (secondary N) is 1. The Morgan fingerprint density at radius 2 is 1.77 bits per heavy atom. The SMILES string of the molecule is Cc1ccc(Cn2cc(C(=O)Nc3cccc(Cl)c3C)ccc2=O)cc1. The van der Waals surface area contributed by atoms with E-state index in [1.54, 1.807) is 24.4 Å². The minimum atomic E-state index is -0.284. The van der Waals surface area contributed by atoms with Crippen molar-refractivity contribution in [2.75, 3.05) is 5.32 Å². The summed E-state index contributed by atoms with van der Waals surface area (Å²) in [5.74, 6) is -0.284. The average molecular weight is 367 g/mol. The minimum absolute atomic E-state index is 0.152. The molecule has 1 amide bonds. The van der Waals surface area contributed by atoms with Crippen LogP contribution in [0.5, 0.6) is 0 Å². The van der Waals surface area contributed by atoms with Crippen LogP contribution in [0.1, 0.15) is 27.0 Å². The molecule has 0 bridgehead atoms. The van der Waals surface area contributed by atoms with Crippen molar-refractivity contribution < 1.29 is 4.79 Å². The second-order valence-electron chi connectivity index (χ2n) is 6.24. The summed E-state index contributed by atoms with van der Waals surface area (Å²) in [6.07, 6.45) is 1.58. The van der Waals surface area contributed by atoms with Crippen LogP contribution in [0.3, 0.4) is 0 Å². The number of aromatic nitrogens is 1. The highest BCUT2D eigenvalue weighted by Crippen LogP contribution is 2.23. The molecule has 0 radical (unpaired) electrons. The third-order valence-electron chi connectivity index (χ3n) is 4.24. The molecule has 0 saturated heterocycles. The number of halogens is 1. The van der Waals surface area contributed by atoms with Gasteiger partial charge in [0.05, 0.1) is 12.1 Å². The van der Waals surface area contributed by atoms with Gasteiger partial charge >= 0.3 is 0 Å². The number of amides is 1. The molecule has 0 fully saturated rings. The summed E-state index contributed by atoms with van der Waals surface area (Å²) < 4.78 is 1.53. The Morgan fingerprint density at radius 3 is 2.50 bits per heavy atom. The van der Waals surface area contributed by atoms with Gasteiger partial charge in [0.1, 0.15) is 0 Å². The van der Waals surface area contributed by atoms with E-state index in [1.807, 2.05) is 38.1 Å². The Bertz CT molecular complexity index is 1010. The third-order valence-corrected chi connectivity index (χ3v) is 4.64. The fraction of sp³-hybridized carbons (Fsp3) is 0.143. The van der Waals surface area contributed by atoms with Gasteiger partial charge in [-0.1, -0.05) is 47.5 Å². The molecule has 2 aromatic carbocycles. The third kappa shape index (κ3) is 4.03. The van der Waals surface area contributed by atoms with Gasteiger partial charge in [-0.15, -0.1) is 0 Å². The normalized spacial score (nSPS) is 10.6. The van der Waals surface area contributed by atoms with Crippen molar-refractivity contribution >= 4 is 23.2 Å². The molecule has 0 saturated carbocycles. The first kappa shape index (κ1) is 18.0. The molecule has 3 rings (SSSR count). The Kier molecular flexibility index (Phi) is 5.24. The number of hydrogen-bond donors (Lipinski definition) is 1. The van der Waals surface area contributed by atoms with Crippen LogP contribution in [-0.2, 0) is 6.54 Å². The summed E-state index contributed by atoms with van der Waals surface area (Å²) in [5.41, 5.74) is 3.87. The summed E-state index contributed by atoms with van der Waals surface area (Å²) in [4.78, 5) is 24.7. The second kappa shape index (κ2) is 7.58. The molecular weight excluding hydrogens is 348 g/mol. The van der Waals surface area contributed by atoms with E-state index >= 15 is 0 Å². The maximum atomic E-state index is 12.6. The number of carbonyl (C=O) groups excluding carboxylic acids is 1. The van der Waals surface area contributed by atoms with Crippen LogP contribution >= 0.6 is 11.6 Å². The topological polar surface area (TPSA) is 51.1 Å². The fourth-order valence-electron chi connectivity index (χ4n) is 2.62. The van der Waals surface area contributed by atoms with E-state index in [4.69, 9.17) is 11.6 Å². The van der Waals surface area contributed by atoms with Gasteiger partial charge in [0.15, 0.2) is 0 Å². The van der Waals surface area contributed by atoms with Gasteiger partial charge in [0.25, 0.3) is 11.5 Å².